The van der Waals surface area contributed by atoms with Crippen LogP contribution in [0.1, 0.15) is 30.1 Å². The molecule has 34 heavy (non-hydrogen) atoms. The lowest BCUT2D eigenvalue weighted by molar-refractivity contribution is -0.121. The number of nitrogens with one attached hydrogen (secondary N) is 1. The predicted molar refractivity (Wildman–Crippen MR) is 118 cm³/mol. The highest BCUT2D eigenvalue weighted by molar-refractivity contribution is 5.98. The van der Waals surface area contributed by atoms with E-state index in [0.29, 0.717) is 6.42 Å². The van der Waals surface area contributed by atoms with Gasteiger partial charge in [0.2, 0.25) is 0 Å². The van der Waals surface area contributed by atoms with Gasteiger partial charge in [0.1, 0.15) is 11.6 Å². The standard InChI is InChI=1S/C21H26F2N4O7/c1-3-4-8-27-17(24)16(18(29)25-21(27)31)26(9-10-32-2)15(28)12-33-19(30)13-6-5-7-14(11-13)34-20(22)23/h5-7,11,20H,3-4,8-10,12,24H2,1-2H3,(H,25,29,31). The van der Waals surface area contributed by atoms with E-state index in [1.54, 1.807) is 0 Å². The summed E-state index contributed by atoms with van der Waals surface area (Å²) in [5.41, 5.74) is 4.06. The van der Waals surface area contributed by atoms with Crippen LogP contribution in [0, 0.1) is 0 Å². The number of nitrogens with two attached hydrogens (primary N) is 1. The number of esters is 1. The number of aromatic amines is 1. The highest BCUT2D eigenvalue weighted by atomic mass is 19.3. The van der Waals surface area contributed by atoms with Crippen LogP contribution in [0.15, 0.2) is 33.9 Å². The molecule has 0 saturated heterocycles. The van der Waals surface area contributed by atoms with Crippen molar-refractivity contribution in [2.45, 2.75) is 32.9 Å². The molecule has 13 heteroatoms. The topological polar surface area (TPSA) is 146 Å². The second-order valence-corrected chi connectivity index (χ2v) is 7.02. The molecule has 0 radical (unpaired) electrons. The van der Waals surface area contributed by atoms with Gasteiger partial charge in [0.15, 0.2) is 12.3 Å². The van der Waals surface area contributed by atoms with Crippen molar-refractivity contribution in [1.29, 1.82) is 0 Å². The van der Waals surface area contributed by atoms with Crippen molar-refractivity contribution in [1.82, 2.24) is 9.55 Å². The van der Waals surface area contributed by atoms with Gasteiger partial charge in [-0.3, -0.25) is 24.0 Å². The second kappa shape index (κ2) is 12.5. The van der Waals surface area contributed by atoms with Crippen LogP contribution in [0.25, 0.3) is 0 Å². The molecule has 1 aromatic carbocycles. The average molecular weight is 484 g/mol. The first-order chi connectivity index (χ1) is 16.2. The first-order valence-electron chi connectivity index (χ1n) is 10.3. The van der Waals surface area contributed by atoms with Gasteiger partial charge >= 0.3 is 18.3 Å². The third-order valence-electron chi connectivity index (χ3n) is 4.66. The molecule has 11 nitrogen and oxygen atoms in total. The number of H-pyrrole nitrogens is 1. The van der Waals surface area contributed by atoms with E-state index < -0.39 is 36.3 Å². The minimum Gasteiger partial charge on any atom is -0.452 e. The van der Waals surface area contributed by atoms with Gasteiger partial charge in [0.05, 0.1) is 12.2 Å². The van der Waals surface area contributed by atoms with E-state index in [0.717, 1.165) is 22.0 Å². The molecule has 1 heterocycles. The Labute approximate surface area is 193 Å². The number of carbonyl (C=O) groups excluding carboxylic acids is 2. The largest absolute Gasteiger partial charge is 0.452 e. The lowest BCUT2D eigenvalue weighted by Gasteiger charge is -2.24. The minimum absolute atomic E-state index is 0.0136. The summed E-state index contributed by atoms with van der Waals surface area (Å²) in [5.74, 6) is -2.26. The van der Waals surface area contributed by atoms with E-state index in [1.165, 1.54) is 25.3 Å². The molecule has 2 aromatic rings. The molecule has 2 rings (SSSR count). The normalized spacial score (nSPS) is 10.9. The summed E-state index contributed by atoms with van der Waals surface area (Å²) in [5, 5.41) is 0. The number of halogens is 2. The molecule has 0 fully saturated rings. The van der Waals surface area contributed by atoms with Gasteiger partial charge in [-0.2, -0.15) is 8.78 Å². The summed E-state index contributed by atoms with van der Waals surface area (Å²) in [6.45, 7) is -1.85. The van der Waals surface area contributed by atoms with Crippen LogP contribution in [-0.2, 0) is 20.8 Å². The monoisotopic (exact) mass is 484 g/mol. The van der Waals surface area contributed by atoms with Gasteiger partial charge in [0.25, 0.3) is 11.5 Å². The van der Waals surface area contributed by atoms with Crippen molar-refractivity contribution in [3.8, 4) is 5.75 Å². The van der Waals surface area contributed by atoms with Crippen LogP contribution < -0.4 is 26.6 Å². The number of ether oxygens (including phenoxy) is 3. The summed E-state index contributed by atoms with van der Waals surface area (Å²) >= 11 is 0. The molecule has 0 unspecified atom stereocenters. The summed E-state index contributed by atoms with van der Waals surface area (Å²) < 4.78 is 40.1. The van der Waals surface area contributed by atoms with Crippen molar-refractivity contribution in [3.05, 3.63) is 50.7 Å². The minimum atomic E-state index is -3.08. The molecule has 0 saturated carbocycles. The Bertz CT molecular complexity index is 1120. The molecule has 0 spiro atoms. The predicted octanol–water partition coefficient (Wildman–Crippen LogP) is 1.36. The van der Waals surface area contributed by atoms with Gasteiger partial charge in [0, 0.05) is 20.2 Å². The molecule has 0 aliphatic rings. The Hall–Kier alpha value is -3.74. The molecule has 0 bridgehead atoms. The van der Waals surface area contributed by atoms with Crippen LogP contribution in [0.3, 0.4) is 0 Å². The number of amides is 1. The maximum Gasteiger partial charge on any atom is 0.387 e. The summed E-state index contributed by atoms with van der Waals surface area (Å²) in [4.78, 5) is 53.0. The number of hydrogen-bond acceptors (Lipinski definition) is 8. The van der Waals surface area contributed by atoms with Crippen molar-refractivity contribution in [3.63, 3.8) is 0 Å². The van der Waals surface area contributed by atoms with Gasteiger partial charge in [-0.15, -0.1) is 0 Å². The smallest absolute Gasteiger partial charge is 0.387 e. The van der Waals surface area contributed by atoms with Gasteiger partial charge in [-0.25, -0.2) is 9.59 Å². The Kier molecular flexibility index (Phi) is 9.74. The third-order valence-corrected chi connectivity index (χ3v) is 4.66. The quantitative estimate of drug-likeness (QED) is 0.430. The van der Waals surface area contributed by atoms with Crippen molar-refractivity contribution >= 4 is 23.4 Å². The SMILES string of the molecule is CCCCn1c(N)c(N(CCOC)C(=O)COC(=O)c2cccc(OC(F)F)c2)c(=O)[nH]c1=O. The molecular formula is C21H26F2N4O7. The number of rotatable bonds is 12. The lowest BCUT2D eigenvalue weighted by atomic mass is 10.2. The summed E-state index contributed by atoms with van der Waals surface area (Å²) in [6, 6.07) is 4.86. The number of benzene rings is 1. The molecule has 1 aromatic heterocycles. The van der Waals surface area contributed by atoms with E-state index in [2.05, 4.69) is 9.72 Å². The fraction of sp³-hybridized carbons (Fsp3) is 0.429. The first kappa shape index (κ1) is 26.5. The van der Waals surface area contributed by atoms with Crippen molar-refractivity contribution in [2.24, 2.45) is 0 Å². The average Bonchev–Trinajstić information content (AvgIpc) is 2.78. The number of nitrogen functional groups attached to an aromatic ring is 1. The number of nitrogens with zero attached hydrogens (tertiary/aromatic N) is 2. The Morgan fingerprint density at radius 2 is 2.00 bits per heavy atom. The van der Waals surface area contributed by atoms with Crippen LogP contribution >= 0.6 is 0 Å². The van der Waals surface area contributed by atoms with Crippen LogP contribution in [0.4, 0.5) is 20.3 Å². The number of aromatic nitrogens is 2. The van der Waals surface area contributed by atoms with E-state index in [4.69, 9.17) is 15.2 Å². The van der Waals surface area contributed by atoms with Gasteiger partial charge in [-0.05, 0) is 24.6 Å². The van der Waals surface area contributed by atoms with Crippen LogP contribution in [-0.4, -0.2) is 54.9 Å². The zero-order valence-corrected chi connectivity index (χ0v) is 18.7. The van der Waals surface area contributed by atoms with E-state index in [9.17, 15) is 28.0 Å². The third kappa shape index (κ3) is 6.88. The zero-order chi connectivity index (χ0) is 25.3. The zero-order valence-electron chi connectivity index (χ0n) is 18.7. The Morgan fingerprint density at radius 3 is 2.65 bits per heavy atom. The fourth-order valence-electron chi connectivity index (χ4n) is 3.01. The molecule has 3 N–H and O–H groups in total. The molecule has 0 aliphatic heterocycles. The maximum absolute atomic E-state index is 12.9. The second-order valence-electron chi connectivity index (χ2n) is 7.02. The highest BCUT2D eigenvalue weighted by Crippen LogP contribution is 2.19. The molecular weight excluding hydrogens is 458 g/mol. The number of hydrogen-bond donors (Lipinski definition) is 2. The van der Waals surface area contributed by atoms with E-state index in [-0.39, 0.29) is 42.5 Å². The fourth-order valence-corrected chi connectivity index (χ4v) is 3.01. The molecule has 0 aliphatic carbocycles. The Morgan fingerprint density at radius 1 is 1.26 bits per heavy atom. The van der Waals surface area contributed by atoms with Crippen LogP contribution in [0.2, 0.25) is 0 Å². The molecule has 1 amide bonds. The number of alkyl halides is 2. The maximum atomic E-state index is 12.9. The lowest BCUT2D eigenvalue weighted by Crippen LogP contribution is -2.44. The summed E-state index contributed by atoms with van der Waals surface area (Å²) in [6.07, 6.45) is 1.36. The van der Waals surface area contributed by atoms with E-state index in [1.807, 2.05) is 6.92 Å². The number of methoxy groups -OCH3 is 1. The van der Waals surface area contributed by atoms with Gasteiger partial charge in [-0.1, -0.05) is 19.4 Å². The highest BCUT2D eigenvalue weighted by Gasteiger charge is 2.25. The van der Waals surface area contributed by atoms with Crippen molar-refractivity contribution < 1.29 is 32.6 Å². The number of carbonyl (C=O) groups is 2. The van der Waals surface area contributed by atoms with Crippen molar-refractivity contribution in [2.75, 3.05) is 37.5 Å². The van der Waals surface area contributed by atoms with Crippen LogP contribution in [0.5, 0.6) is 5.75 Å². The molecule has 0 atom stereocenters. The summed E-state index contributed by atoms with van der Waals surface area (Å²) in [7, 11) is 1.38. The number of unbranched alkanes of at least 4 members (excludes halogenated alkanes) is 1. The Balaban J connectivity index is 2.26. The number of anilines is 2. The first-order valence-corrected chi connectivity index (χ1v) is 10.3. The van der Waals surface area contributed by atoms with E-state index >= 15 is 0 Å². The molecule has 186 valence electrons. The van der Waals surface area contributed by atoms with Gasteiger partial charge < -0.3 is 19.9 Å².